The van der Waals surface area contributed by atoms with E-state index >= 15 is 0 Å². The minimum atomic E-state index is -4.43. The fourth-order valence-corrected chi connectivity index (χ4v) is 1.73. The van der Waals surface area contributed by atoms with Crippen LogP contribution in [0.3, 0.4) is 0 Å². The van der Waals surface area contributed by atoms with Crippen LogP contribution in [-0.2, 0) is 14.3 Å². The Hall–Kier alpha value is -0.860. The van der Waals surface area contributed by atoms with Gasteiger partial charge in [0.2, 0.25) is 5.91 Å². The summed E-state index contributed by atoms with van der Waals surface area (Å²) in [6.07, 6.45) is -3.33. The van der Waals surface area contributed by atoms with Crippen LogP contribution in [0, 0.1) is 0 Å². The van der Waals surface area contributed by atoms with E-state index in [0.29, 0.717) is 26.1 Å². The second-order valence-corrected chi connectivity index (χ2v) is 4.25. The van der Waals surface area contributed by atoms with Gasteiger partial charge in [-0.15, -0.1) is 0 Å². The third-order valence-corrected chi connectivity index (χ3v) is 2.74. The first kappa shape index (κ1) is 15.2. The summed E-state index contributed by atoms with van der Waals surface area (Å²) >= 11 is 0. The maximum Gasteiger partial charge on any atom is 0.411 e. The molecule has 1 fully saturated rings. The van der Waals surface area contributed by atoms with Gasteiger partial charge >= 0.3 is 6.18 Å². The molecule has 0 aliphatic carbocycles. The van der Waals surface area contributed by atoms with Gasteiger partial charge in [-0.1, -0.05) is 0 Å². The molecule has 0 spiro atoms. The van der Waals surface area contributed by atoms with Crippen LogP contribution < -0.4 is 11.1 Å². The van der Waals surface area contributed by atoms with Crippen LogP contribution in [0.4, 0.5) is 13.2 Å². The van der Waals surface area contributed by atoms with E-state index < -0.39 is 30.8 Å². The molecule has 3 N–H and O–H groups in total. The first-order valence-corrected chi connectivity index (χ1v) is 5.60. The zero-order chi connectivity index (χ0) is 13.6. The molecule has 1 saturated heterocycles. The van der Waals surface area contributed by atoms with Gasteiger partial charge < -0.3 is 20.5 Å². The summed E-state index contributed by atoms with van der Waals surface area (Å²) in [4.78, 5) is 11.5. The van der Waals surface area contributed by atoms with Gasteiger partial charge in [0.1, 0.15) is 13.2 Å². The molecule has 1 amide bonds. The lowest BCUT2D eigenvalue weighted by Crippen LogP contribution is -2.57. The van der Waals surface area contributed by atoms with Gasteiger partial charge in [0.15, 0.2) is 0 Å². The van der Waals surface area contributed by atoms with Gasteiger partial charge in [0, 0.05) is 19.8 Å². The second kappa shape index (κ2) is 6.35. The Morgan fingerprint density at radius 3 is 2.50 bits per heavy atom. The lowest BCUT2D eigenvalue weighted by atomic mass is 9.90. The molecule has 106 valence electrons. The van der Waals surface area contributed by atoms with E-state index in [-0.39, 0.29) is 6.54 Å². The summed E-state index contributed by atoms with van der Waals surface area (Å²) < 4.78 is 44.9. The van der Waals surface area contributed by atoms with Crippen LogP contribution in [0.1, 0.15) is 12.8 Å². The highest BCUT2D eigenvalue weighted by molar-refractivity contribution is 5.78. The third kappa shape index (κ3) is 5.19. The zero-order valence-electron chi connectivity index (χ0n) is 9.89. The summed E-state index contributed by atoms with van der Waals surface area (Å²) in [5.74, 6) is -0.591. The maximum atomic E-state index is 11.8. The number of amides is 1. The van der Waals surface area contributed by atoms with Gasteiger partial charge in [-0.05, 0) is 12.8 Å². The summed E-state index contributed by atoms with van der Waals surface area (Å²) in [6.45, 7) is -0.885. The Labute approximate surface area is 103 Å². The average molecular weight is 270 g/mol. The Morgan fingerprint density at radius 1 is 1.39 bits per heavy atom. The van der Waals surface area contributed by atoms with E-state index in [1.807, 2.05) is 0 Å². The molecule has 5 nitrogen and oxygen atoms in total. The van der Waals surface area contributed by atoms with Gasteiger partial charge in [-0.25, -0.2) is 0 Å². The van der Waals surface area contributed by atoms with Gasteiger partial charge in [-0.3, -0.25) is 4.79 Å². The van der Waals surface area contributed by atoms with Crippen molar-refractivity contribution in [1.29, 1.82) is 0 Å². The summed E-state index contributed by atoms with van der Waals surface area (Å²) in [7, 11) is 0. The molecule has 0 aromatic rings. The first-order chi connectivity index (χ1) is 8.37. The van der Waals surface area contributed by atoms with E-state index in [0.717, 1.165) is 0 Å². The van der Waals surface area contributed by atoms with Crippen molar-refractivity contribution in [2.75, 3.05) is 33.0 Å². The lowest BCUT2D eigenvalue weighted by molar-refractivity contribution is -0.176. The van der Waals surface area contributed by atoms with Gasteiger partial charge in [0.25, 0.3) is 0 Å². The molecule has 18 heavy (non-hydrogen) atoms. The van der Waals surface area contributed by atoms with E-state index in [2.05, 4.69) is 10.1 Å². The Balaban J connectivity index is 2.33. The molecule has 0 bridgehead atoms. The minimum Gasteiger partial charge on any atom is -0.381 e. The highest BCUT2D eigenvalue weighted by Gasteiger charge is 2.33. The molecule has 1 rings (SSSR count). The third-order valence-electron chi connectivity index (χ3n) is 2.74. The normalized spacial score (nSPS) is 19.6. The molecule has 1 aliphatic heterocycles. The summed E-state index contributed by atoms with van der Waals surface area (Å²) in [5, 5.41) is 2.63. The van der Waals surface area contributed by atoms with Crippen LogP contribution in [0.5, 0.6) is 0 Å². The molecule has 0 aromatic heterocycles. The molecule has 0 aromatic carbocycles. The molecule has 8 heteroatoms. The lowest BCUT2D eigenvalue weighted by Gasteiger charge is -2.36. The van der Waals surface area contributed by atoms with E-state index in [4.69, 9.17) is 10.5 Å². The topological polar surface area (TPSA) is 73.6 Å². The SMILES string of the molecule is NCC1(NC(=O)COCC(F)(F)F)CCOCC1. The zero-order valence-corrected chi connectivity index (χ0v) is 9.89. The largest absolute Gasteiger partial charge is 0.411 e. The van der Waals surface area contributed by atoms with Gasteiger partial charge in [0.05, 0.1) is 5.54 Å². The van der Waals surface area contributed by atoms with E-state index in [9.17, 15) is 18.0 Å². The minimum absolute atomic E-state index is 0.224. The van der Waals surface area contributed by atoms with Gasteiger partial charge in [-0.2, -0.15) is 13.2 Å². The number of halogens is 3. The number of hydrogen-bond acceptors (Lipinski definition) is 4. The predicted molar refractivity (Wildman–Crippen MR) is 56.9 cm³/mol. The number of nitrogens with two attached hydrogens (primary N) is 1. The smallest absolute Gasteiger partial charge is 0.381 e. The number of carbonyl (C=O) groups excluding carboxylic acids is 1. The highest BCUT2D eigenvalue weighted by atomic mass is 19.4. The predicted octanol–water partition coefficient (Wildman–Crippen LogP) is 0.189. The molecule has 0 saturated carbocycles. The van der Waals surface area contributed by atoms with Crippen molar-refractivity contribution in [2.45, 2.75) is 24.6 Å². The number of ether oxygens (including phenoxy) is 2. The molecular weight excluding hydrogens is 253 g/mol. The standard InChI is InChI=1S/C10H17F3N2O3/c11-10(12,13)7-18-5-8(16)15-9(6-14)1-3-17-4-2-9/h1-7,14H2,(H,15,16). The fourth-order valence-electron chi connectivity index (χ4n) is 1.73. The van der Waals surface area contributed by atoms with Crippen LogP contribution in [0.25, 0.3) is 0 Å². The van der Waals surface area contributed by atoms with E-state index in [1.165, 1.54) is 0 Å². The Bertz CT molecular complexity index is 278. The van der Waals surface area contributed by atoms with Crippen molar-refractivity contribution in [3.8, 4) is 0 Å². The number of nitrogens with one attached hydrogen (secondary N) is 1. The molecule has 1 aliphatic rings. The van der Waals surface area contributed by atoms with Crippen molar-refractivity contribution in [1.82, 2.24) is 5.32 Å². The van der Waals surface area contributed by atoms with Crippen molar-refractivity contribution in [3.05, 3.63) is 0 Å². The van der Waals surface area contributed by atoms with Crippen molar-refractivity contribution in [3.63, 3.8) is 0 Å². The Morgan fingerprint density at radius 2 is 2.00 bits per heavy atom. The van der Waals surface area contributed by atoms with Crippen LogP contribution in [0.15, 0.2) is 0 Å². The number of hydrogen-bond donors (Lipinski definition) is 2. The van der Waals surface area contributed by atoms with Crippen molar-refractivity contribution < 1.29 is 27.4 Å². The fraction of sp³-hybridized carbons (Fsp3) is 0.900. The van der Waals surface area contributed by atoms with Crippen molar-refractivity contribution >= 4 is 5.91 Å². The number of alkyl halides is 3. The van der Waals surface area contributed by atoms with Crippen LogP contribution >= 0.6 is 0 Å². The second-order valence-electron chi connectivity index (χ2n) is 4.25. The van der Waals surface area contributed by atoms with E-state index in [1.54, 1.807) is 0 Å². The van der Waals surface area contributed by atoms with Crippen molar-refractivity contribution in [2.24, 2.45) is 5.73 Å². The molecule has 0 atom stereocenters. The molecular formula is C10H17F3N2O3. The molecule has 0 radical (unpaired) electrons. The summed E-state index contributed by atoms with van der Waals surface area (Å²) in [5.41, 5.74) is 5.01. The number of carbonyl (C=O) groups is 1. The first-order valence-electron chi connectivity index (χ1n) is 5.60. The highest BCUT2D eigenvalue weighted by Crippen LogP contribution is 2.19. The quantitative estimate of drug-likeness (QED) is 0.748. The maximum absolute atomic E-state index is 11.8. The van der Waals surface area contributed by atoms with Crippen LogP contribution in [-0.4, -0.2) is 50.6 Å². The molecule has 1 heterocycles. The molecule has 0 unspecified atom stereocenters. The summed E-state index contributed by atoms with van der Waals surface area (Å²) in [6, 6.07) is 0. The van der Waals surface area contributed by atoms with Crippen LogP contribution in [0.2, 0.25) is 0 Å². The average Bonchev–Trinajstić information content (AvgIpc) is 2.28. The number of rotatable bonds is 5. The monoisotopic (exact) mass is 270 g/mol. The Kier molecular flexibility index (Phi) is 5.36.